The van der Waals surface area contributed by atoms with Gasteiger partial charge in [-0.15, -0.1) is 11.3 Å². The highest BCUT2D eigenvalue weighted by Gasteiger charge is 2.32. The van der Waals surface area contributed by atoms with Crippen molar-refractivity contribution in [1.29, 1.82) is 0 Å². The number of methoxy groups -OCH3 is 1. The van der Waals surface area contributed by atoms with Gasteiger partial charge < -0.3 is 15.4 Å². The first-order valence-electron chi connectivity index (χ1n) is 5.46. The van der Waals surface area contributed by atoms with Gasteiger partial charge in [0.25, 0.3) is 0 Å². The minimum atomic E-state index is -0.440. The number of hydrogen-bond donors (Lipinski definition) is 2. The summed E-state index contributed by atoms with van der Waals surface area (Å²) in [7, 11) is 1.33. The SMILES string of the molecule is COC(=O)C1=C(C)NC(=O)N[C@@H]1c1ccc(C)s1. The molecule has 0 radical (unpaired) electrons. The van der Waals surface area contributed by atoms with Crippen LogP contribution in [0.25, 0.3) is 0 Å². The number of esters is 1. The van der Waals surface area contributed by atoms with Gasteiger partial charge >= 0.3 is 12.0 Å². The summed E-state index contributed by atoms with van der Waals surface area (Å²) in [6.07, 6.45) is 0. The normalized spacial score (nSPS) is 19.3. The van der Waals surface area contributed by atoms with Crippen LogP contribution < -0.4 is 10.6 Å². The summed E-state index contributed by atoms with van der Waals surface area (Å²) in [5.74, 6) is -0.434. The Bertz CT molecular complexity index is 533. The van der Waals surface area contributed by atoms with Crippen LogP contribution in [0.5, 0.6) is 0 Å². The average Bonchev–Trinajstić information content (AvgIpc) is 2.74. The van der Waals surface area contributed by atoms with Gasteiger partial charge in [-0.05, 0) is 26.0 Å². The molecule has 1 aromatic rings. The molecule has 5 nitrogen and oxygen atoms in total. The molecule has 1 aliphatic heterocycles. The Morgan fingerprint density at radius 3 is 2.67 bits per heavy atom. The number of carbonyl (C=O) groups is 2. The van der Waals surface area contributed by atoms with E-state index in [1.165, 1.54) is 7.11 Å². The molecule has 1 aromatic heterocycles. The fourth-order valence-corrected chi connectivity index (χ4v) is 2.83. The third kappa shape index (κ3) is 2.24. The standard InChI is InChI=1S/C12H14N2O3S/c1-6-4-5-8(18-6)10-9(11(15)17-3)7(2)13-12(16)14-10/h4-5,10H,1-3H3,(H2,13,14,16)/t10-/m1/s1. The van der Waals surface area contributed by atoms with Crippen molar-refractivity contribution in [3.05, 3.63) is 33.2 Å². The van der Waals surface area contributed by atoms with Crippen LogP contribution >= 0.6 is 11.3 Å². The van der Waals surface area contributed by atoms with Crippen LogP contribution in [0.3, 0.4) is 0 Å². The van der Waals surface area contributed by atoms with Crippen molar-refractivity contribution in [2.45, 2.75) is 19.9 Å². The van der Waals surface area contributed by atoms with Crippen LogP contribution in [0.4, 0.5) is 4.79 Å². The minimum absolute atomic E-state index is 0.309. The van der Waals surface area contributed by atoms with Crippen LogP contribution in [0.2, 0.25) is 0 Å². The Balaban J connectivity index is 2.45. The summed E-state index contributed by atoms with van der Waals surface area (Å²) in [5, 5.41) is 5.33. The summed E-state index contributed by atoms with van der Waals surface area (Å²) < 4.78 is 4.77. The molecule has 0 saturated heterocycles. The molecule has 2 N–H and O–H groups in total. The maximum Gasteiger partial charge on any atom is 0.338 e. The fourth-order valence-electron chi connectivity index (χ4n) is 1.90. The molecule has 0 spiro atoms. The van der Waals surface area contributed by atoms with Gasteiger partial charge in [-0.1, -0.05) is 0 Å². The average molecular weight is 266 g/mol. The number of amides is 2. The maximum absolute atomic E-state index is 11.8. The zero-order valence-corrected chi connectivity index (χ0v) is 11.2. The van der Waals surface area contributed by atoms with Crippen molar-refractivity contribution in [3.8, 4) is 0 Å². The predicted molar refractivity (Wildman–Crippen MR) is 68.2 cm³/mol. The first-order chi connectivity index (χ1) is 8.52. The van der Waals surface area contributed by atoms with E-state index in [-0.39, 0.29) is 6.03 Å². The molecule has 0 saturated carbocycles. The third-order valence-corrected chi connectivity index (χ3v) is 3.79. The second kappa shape index (κ2) is 4.81. The van der Waals surface area contributed by atoms with E-state index >= 15 is 0 Å². The number of ether oxygens (including phenoxy) is 1. The van der Waals surface area contributed by atoms with Crippen molar-refractivity contribution in [3.63, 3.8) is 0 Å². The lowest BCUT2D eigenvalue weighted by atomic mass is 10.0. The molecule has 0 aliphatic carbocycles. The first kappa shape index (κ1) is 12.6. The first-order valence-corrected chi connectivity index (χ1v) is 6.27. The molecule has 2 rings (SSSR count). The summed E-state index contributed by atoms with van der Waals surface area (Å²) in [5.41, 5.74) is 0.973. The fraction of sp³-hybridized carbons (Fsp3) is 0.333. The zero-order valence-electron chi connectivity index (χ0n) is 10.4. The Labute approximate surface area is 109 Å². The molecule has 0 unspecified atom stereocenters. The van der Waals surface area contributed by atoms with E-state index in [0.717, 1.165) is 9.75 Å². The molecule has 96 valence electrons. The molecular formula is C12H14N2O3S. The van der Waals surface area contributed by atoms with Gasteiger partial charge in [-0.2, -0.15) is 0 Å². The van der Waals surface area contributed by atoms with Crippen molar-refractivity contribution >= 4 is 23.3 Å². The smallest absolute Gasteiger partial charge is 0.338 e. The quantitative estimate of drug-likeness (QED) is 0.803. The van der Waals surface area contributed by atoms with Gasteiger partial charge in [-0.25, -0.2) is 9.59 Å². The Morgan fingerprint density at radius 1 is 1.39 bits per heavy atom. The summed E-state index contributed by atoms with van der Waals surface area (Å²) in [6, 6.07) is 3.12. The lowest BCUT2D eigenvalue weighted by Gasteiger charge is -2.26. The van der Waals surface area contributed by atoms with Crippen LogP contribution in [-0.4, -0.2) is 19.1 Å². The maximum atomic E-state index is 11.8. The number of hydrogen-bond acceptors (Lipinski definition) is 4. The lowest BCUT2D eigenvalue weighted by Crippen LogP contribution is -2.45. The van der Waals surface area contributed by atoms with E-state index in [9.17, 15) is 9.59 Å². The van der Waals surface area contributed by atoms with Crippen molar-refractivity contribution in [1.82, 2.24) is 10.6 Å². The van der Waals surface area contributed by atoms with Crippen molar-refractivity contribution < 1.29 is 14.3 Å². The highest BCUT2D eigenvalue weighted by Crippen LogP contribution is 2.31. The van der Waals surface area contributed by atoms with Gasteiger partial charge in [0.2, 0.25) is 0 Å². The lowest BCUT2D eigenvalue weighted by molar-refractivity contribution is -0.136. The highest BCUT2D eigenvalue weighted by atomic mass is 32.1. The Morgan fingerprint density at radius 2 is 2.11 bits per heavy atom. The van der Waals surface area contributed by atoms with E-state index in [0.29, 0.717) is 11.3 Å². The van der Waals surface area contributed by atoms with Crippen LogP contribution in [0, 0.1) is 6.92 Å². The predicted octanol–water partition coefficient (Wildman–Crippen LogP) is 1.86. The number of allylic oxidation sites excluding steroid dienone is 1. The summed E-state index contributed by atoms with van der Waals surface area (Å²) >= 11 is 1.55. The second-order valence-electron chi connectivity index (χ2n) is 4.01. The molecular weight excluding hydrogens is 252 g/mol. The monoisotopic (exact) mass is 266 g/mol. The molecule has 0 aromatic carbocycles. The molecule has 0 bridgehead atoms. The number of thiophene rings is 1. The molecule has 1 atom stereocenters. The molecule has 6 heteroatoms. The van der Waals surface area contributed by atoms with E-state index in [1.54, 1.807) is 18.3 Å². The number of carbonyl (C=O) groups excluding carboxylic acids is 2. The summed E-state index contributed by atoms with van der Waals surface area (Å²) in [4.78, 5) is 25.4. The van der Waals surface area contributed by atoms with Crippen molar-refractivity contribution in [2.24, 2.45) is 0 Å². The molecule has 1 aliphatic rings. The minimum Gasteiger partial charge on any atom is -0.466 e. The van der Waals surface area contributed by atoms with Crippen LogP contribution in [0.1, 0.15) is 22.7 Å². The number of rotatable bonds is 2. The van der Waals surface area contributed by atoms with Crippen LogP contribution in [0.15, 0.2) is 23.4 Å². The van der Waals surface area contributed by atoms with Gasteiger partial charge in [0, 0.05) is 15.5 Å². The van der Waals surface area contributed by atoms with E-state index in [4.69, 9.17) is 4.74 Å². The van der Waals surface area contributed by atoms with E-state index < -0.39 is 12.0 Å². The molecule has 0 fully saturated rings. The second-order valence-corrected chi connectivity index (χ2v) is 5.33. The Kier molecular flexibility index (Phi) is 3.38. The van der Waals surface area contributed by atoms with Gasteiger partial charge in [-0.3, -0.25) is 0 Å². The van der Waals surface area contributed by atoms with E-state index in [1.807, 2.05) is 19.1 Å². The number of nitrogens with one attached hydrogen (secondary N) is 2. The number of urea groups is 1. The van der Waals surface area contributed by atoms with Gasteiger partial charge in [0.15, 0.2) is 0 Å². The molecule has 18 heavy (non-hydrogen) atoms. The number of aryl methyl sites for hydroxylation is 1. The molecule has 2 amide bonds. The third-order valence-electron chi connectivity index (χ3n) is 2.72. The molecule has 2 heterocycles. The van der Waals surface area contributed by atoms with Crippen LogP contribution in [-0.2, 0) is 9.53 Å². The van der Waals surface area contributed by atoms with Crippen molar-refractivity contribution in [2.75, 3.05) is 7.11 Å². The van der Waals surface area contributed by atoms with E-state index in [2.05, 4.69) is 10.6 Å². The largest absolute Gasteiger partial charge is 0.466 e. The summed E-state index contributed by atoms with van der Waals surface area (Å²) in [6.45, 7) is 3.67. The highest BCUT2D eigenvalue weighted by molar-refractivity contribution is 7.12. The topological polar surface area (TPSA) is 67.4 Å². The van der Waals surface area contributed by atoms with Gasteiger partial charge in [0.1, 0.15) is 0 Å². The van der Waals surface area contributed by atoms with Gasteiger partial charge in [0.05, 0.1) is 18.7 Å². The Hall–Kier alpha value is -1.82. The zero-order chi connectivity index (χ0) is 13.3.